The van der Waals surface area contributed by atoms with Crippen molar-refractivity contribution in [2.75, 3.05) is 28.4 Å². The molecule has 4 aliphatic carbocycles. The molecule has 4 saturated carbocycles. The van der Waals surface area contributed by atoms with Crippen LogP contribution < -0.4 is 0 Å². The Bertz CT molecular complexity index is 734. The second kappa shape index (κ2) is 4.51. The molecule has 28 heavy (non-hydrogen) atoms. The smallest absolute Gasteiger partial charge is 0.316 e. The largest absolute Gasteiger partial charge is 0.468 e. The van der Waals surface area contributed by atoms with Crippen molar-refractivity contribution in [3.63, 3.8) is 0 Å². The summed E-state index contributed by atoms with van der Waals surface area (Å²) in [7, 11) is 4.29. The van der Waals surface area contributed by atoms with Crippen LogP contribution >= 0.6 is 0 Å². The summed E-state index contributed by atoms with van der Waals surface area (Å²) in [5, 5.41) is 22.8. The number of aliphatic hydroxyl groups is 2. The highest BCUT2D eigenvalue weighted by molar-refractivity contribution is 6.13. The molecule has 0 spiro atoms. The molecular weight excluding hydrogens is 376 g/mol. The number of ether oxygens (including phenoxy) is 4. The third kappa shape index (κ3) is 0.972. The van der Waals surface area contributed by atoms with Crippen LogP contribution in [-0.4, -0.2) is 74.7 Å². The van der Waals surface area contributed by atoms with Gasteiger partial charge in [-0.25, -0.2) is 0 Å². The summed E-state index contributed by atoms with van der Waals surface area (Å²) in [5.74, 6) is -3.88. The minimum atomic E-state index is -1.97. The molecule has 154 valence electrons. The molecule has 4 aliphatic rings. The standard InChI is InChI=1S/C18H22O10/c1-13-14(2)17(11(23)27-5)7(19)15(13,9(21)25-3)16(13,10(22)26-4)8(20)18(14,17)12(24)28-6/h7-8,19-20H,1-6H3. The van der Waals surface area contributed by atoms with Crippen LogP contribution in [0, 0.1) is 32.5 Å². The van der Waals surface area contributed by atoms with E-state index >= 15 is 0 Å². The van der Waals surface area contributed by atoms with E-state index in [1.54, 1.807) is 0 Å². The van der Waals surface area contributed by atoms with Crippen molar-refractivity contribution >= 4 is 23.9 Å². The molecule has 4 fully saturated rings. The van der Waals surface area contributed by atoms with E-state index in [9.17, 15) is 29.4 Å². The van der Waals surface area contributed by atoms with Crippen molar-refractivity contribution in [2.45, 2.75) is 26.1 Å². The first kappa shape index (κ1) is 19.1. The van der Waals surface area contributed by atoms with Gasteiger partial charge in [-0.05, 0) is 0 Å². The molecule has 10 nitrogen and oxygen atoms in total. The van der Waals surface area contributed by atoms with Gasteiger partial charge in [-0.15, -0.1) is 0 Å². The maximum absolute atomic E-state index is 12.9. The van der Waals surface area contributed by atoms with E-state index in [0.29, 0.717) is 0 Å². The number of carbonyl (C=O) groups excluding carboxylic acids is 4. The molecule has 0 aromatic rings. The predicted molar refractivity (Wildman–Crippen MR) is 86.0 cm³/mol. The lowest BCUT2D eigenvalue weighted by Crippen LogP contribution is -2.61. The topological polar surface area (TPSA) is 146 Å². The average Bonchev–Trinajstić information content (AvgIpc) is 3.42. The summed E-state index contributed by atoms with van der Waals surface area (Å²) < 4.78 is 19.5. The molecular formula is C18H22O10. The van der Waals surface area contributed by atoms with Gasteiger partial charge in [-0.2, -0.15) is 0 Å². The highest BCUT2D eigenvalue weighted by atomic mass is 16.6. The summed E-state index contributed by atoms with van der Waals surface area (Å²) >= 11 is 0. The Hall–Kier alpha value is -2.20. The number of carbonyl (C=O) groups is 4. The van der Waals surface area contributed by atoms with Crippen molar-refractivity contribution in [2.24, 2.45) is 32.5 Å². The molecule has 0 radical (unpaired) electrons. The van der Waals surface area contributed by atoms with Crippen molar-refractivity contribution in [3.8, 4) is 0 Å². The lowest BCUT2D eigenvalue weighted by Gasteiger charge is -2.41. The molecule has 0 aliphatic heterocycles. The maximum atomic E-state index is 12.9. The summed E-state index contributed by atoms with van der Waals surface area (Å²) in [6, 6.07) is 0. The Morgan fingerprint density at radius 2 is 0.750 bits per heavy atom. The third-order valence-electron chi connectivity index (χ3n) is 8.94. The van der Waals surface area contributed by atoms with Gasteiger partial charge in [0.1, 0.15) is 21.7 Å². The van der Waals surface area contributed by atoms with Gasteiger partial charge >= 0.3 is 23.9 Å². The van der Waals surface area contributed by atoms with E-state index < -0.39 is 68.6 Å². The minimum Gasteiger partial charge on any atom is -0.468 e. The van der Waals surface area contributed by atoms with Crippen molar-refractivity contribution in [1.82, 2.24) is 0 Å². The van der Waals surface area contributed by atoms with E-state index in [2.05, 4.69) is 0 Å². The van der Waals surface area contributed by atoms with E-state index in [4.69, 9.17) is 18.9 Å². The fourth-order valence-corrected chi connectivity index (χ4v) is 8.29. The second-order valence-electron chi connectivity index (χ2n) is 8.25. The van der Waals surface area contributed by atoms with Crippen LogP contribution in [-0.2, 0) is 38.1 Å². The summed E-state index contributed by atoms with van der Waals surface area (Å²) in [5.41, 5.74) is -10.9. The Morgan fingerprint density at radius 1 is 0.571 bits per heavy atom. The Balaban J connectivity index is 2.13. The number of fused-ring (bicyclic) bond motifs is 2. The average molecular weight is 398 g/mol. The monoisotopic (exact) mass is 398 g/mol. The van der Waals surface area contributed by atoms with Crippen LogP contribution in [0.3, 0.4) is 0 Å². The minimum absolute atomic E-state index is 0.970. The summed E-state index contributed by atoms with van der Waals surface area (Å²) in [4.78, 5) is 51.7. The van der Waals surface area contributed by atoms with Gasteiger partial charge in [0.05, 0.1) is 40.6 Å². The van der Waals surface area contributed by atoms with Crippen LogP contribution in [0.1, 0.15) is 13.8 Å². The zero-order valence-electron chi connectivity index (χ0n) is 16.3. The lowest BCUT2D eigenvalue weighted by atomic mass is 9.64. The first-order chi connectivity index (χ1) is 13.0. The van der Waals surface area contributed by atoms with E-state index in [0.717, 1.165) is 28.4 Å². The Labute approximate surface area is 160 Å². The number of methoxy groups -OCH3 is 4. The highest BCUT2D eigenvalue weighted by Gasteiger charge is 3.26. The molecule has 4 unspecified atom stereocenters. The first-order valence-electron chi connectivity index (χ1n) is 8.69. The number of hydrogen-bond donors (Lipinski definition) is 2. The quantitative estimate of drug-likeness (QED) is 0.420. The normalized spacial score (nSPS) is 53.7. The molecule has 4 atom stereocenters. The molecule has 0 bridgehead atoms. The lowest BCUT2D eigenvalue weighted by molar-refractivity contribution is -0.199. The Morgan fingerprint density at radius 3 is 0.893 bits per heavy atom. The van der Waals surface area contributed by atoms with Gasteiger partial charge in [-0.1, -0.05) is 13.8 Å². The van der Waals surface area contributed by atoms with Gasteiger partial charge in [0.2, 0.25) is 0 Å². The molecule has 10 heteroatoms. The van der Waals surface area contributed by atoms with Gasteiger partial charge in [-0.3, -0.25) is 19.2 Å². The van der Waals surface area contributed by atoms with Crippen molar-refractivity contribution < 1.29 is 48.3 Å². The number of hydrogen-bond acceptors (Lipinski definition) is 10. The maximum Gasteiger partial charge on any atom is 0.316 e. The molecule has 2 N–H and O–H groups in total. The first-order valence-corrected chi connectivity index (χ1v) is 8.69. The van der Waals surface area contributed by atoms with Crippen LogP contribution in [0.15, 0.2) is 0 Å². The Kier molecular flexibility index (Phi) is 3.08. The SMILES string of the molecule is COC(=O)C12C(O)C3(C(=O)OC)C4(C(=O)OC)C(O)C1(C(=O)OC)C2(C)C34C. The molecule has 0 aromatic heterocycles. The number of aliphatic hydroxyl groups excluding tert-OH is 2. The third-order valence-corrected chi connectivity index (χ3v) is 8.94. The van der Waals surface area contributed by atoms with E-state index in [-0.39, 0.29) is 0 Å². The van der Waals surface area contributed by atoms with Crippen molar-refractivity contribution in [3.05, 3.63) is 0 Å². The van der Waals surface area contributed by atoms with Crippen LogP contribution in [0.4, 0.5) is 0 Å². The van der Waals surface area contributed by atoms with Gasteiger partial charge < -0.3 is 29.2 Å². The summed E-state index contributed by atoms with van der Waals surface area (Å²) in [6.07, 6.45) is -3.67. The molecule has 0 aromatic carbocycles. The predicted octanol–water partition coefficient (Wildman–Crippen LogP) is -1.59. The second-order valence-corrected chi connectivity index (χ2v) is 8.25. The zero-order valence-corrected chi connectivity index (χ0v) is 16.3. The van der Waals surface area contributed by atoms with Crippen LogP contribution in [0.2, 0.25) is 0 Å². The fourth-order valence-electron chi connectivity index (χ4n) is 8.29. The van der Waals surface area contributed by atoms with Gasteiger partial charge in [0.25, 0.3) is 0 Å². The number of esters is 4. The van der Waals surface area contributed by atoms with E-state index in [1.807, 2.05) is 0 Å². The van der Waals surface area contributed by atoms with Gasteiger partial charge in [0.15, 0.2) is 0 Å². The van der Waals surface area contributed by atoms with Crippen molar-refractivity contribution in [1.29, 1.82) is 0 Å². The fraction of sp³-hybridized carbons (Fsp3) is 0.778. The molecule has 0 heterocycles. The molecule has 0 saturated heterocycles. The highest BCUT2D eigenvalue weighted by Crippen LogP contribution is 3.13. The van der Waals surface area contributed by atoms with Crippen LogP contribution in [0.25, 0.3) is 0 Å². The zero-order chi connectivity index (χ0) is 21.3. The van der Waals surface area contributed by atoms with E-state index in [1.165, 1.54) is 13.8 Å². The number of rotatable bonds is 4. The van der Waals surface area contributed by atoms with Gasteiger partial charge in [0, 0.05) is 10.8 Å². The molecule has 0 amide bonds. The van der Waals surface area contributed by atoms with Crippen LogP contribution in [0.5, 0.6) is 0 Å². The molecule has 4 rings (SSSR count). The summed E-state index contributed by atoms with van der Waals surface area (Å²) in [6.45, 7) is 2.96.